The summed E-state index contributed by atoms with van der Waals surface area (Å²) in [6, 6.07) is 16.3. The number of ether oxygens (including phenoxy) is 3. The highest BCUT2D eigenvalue weighted by molar-refractivity contribution is 6.36. The van der Waals surface area contributed by atoms with Crippen LogP contribution in [-0.2, 0) is 35.2 Å². The van der Waals surface area contributed by atoms with Crippen LogP contribution in [0.2, 0.25) is 5.02 Å². The molecule has 2 aromatic heterocycles. The summed E-state index contributed by atoms with van der Waals surface area (Å²) in [5.74, 6) is -0.919. The van der Waals surface area contributed by atoms with Gasteiger partial charge >= 0.3 is 12.1 Å². The Morgan fingerprint density at radius 1 is 0.911 bits per heavy atom. The number of pyridine rings is 2. The first-order chi connectivity index (χ1) is 26.7. The van der Waals surface area contributed by atoms with Crippen LogP contribution in [0.5, 0.6) is 17.6 Å². The number of methoxy groups -OCH3 is 2. The number of rotatable bonds is 12. The maximum Gasteiger partial charge on any atom is 0.421 e. The van der Waals surface area contributed by atoms with Crippen molar-refractivity contribution in [2.24, 2.45) is 10.8 Å². The van der Waals surface area contributed by atoms with E-state index in [0.29, 0.717) is 54.4 Å². The van der Waals surface area contributed by atoms with Crippen LogP contribution in [-0.4, -0.2) is 77.1 Å². The van der Waals surface area contributed by atoms with E-state index in [1.165, 1.54) is 7.11 Å². The SMILES string of the molecule is COc1nc(-c2cccc(-c3cccc4c3CC[C@@H]4Oc3nc(OC)c(CCC4(C(=O)O)CC4)cc3C(F)(F)F)c2Cl)ccc1CN1CC2(C1)CN(C(C)=O)C2. The molecule has 56 heavy (non-hydrogen) atoms. The van der Waals surface area contributed by atoms with Crippen molar-refractivity contribution in [1.82, 2.24) is 19.8 Å². The van der Waals surface area contributed by atoms with Gasteiger partial charge in [0.25, 0.3) is 0 Å². The summed E-state index contributed by atoms with van der Waals surface area (Å²) < 4.78 is 60.7. The Kier molecular flexibility index (Phi) is 9.67. The number of aliphatic carboxylic acids is 1. The van der Waals surface area contributed by atoms with E-state index in [1.807, 2.05) is 53.4 Å². The van der Waals surface area contributed by atoms with Crippen molar-refractivity contribution in [2.45, 2.75) is 64.3 Å². The highest BCUT2D eigenvalue weighted by Gasteiger charge is 2.52. The third kappa shape index (κ3) is 6.93. The number of likely N-dealkylation sites (tertiary alicyclic amines) is 2. The van der Waals surface area contributed by atoms with Crippen LogP contribution in [0.4, 0.5) is 13.2 Å². The number of aromatic nitrogens is 2. The predicted octanol–water partition coefficient (Wildman–Crippen LogP) is 8.03. The van der Waals surface area contributed by atoms with Crippen molar-refractivity contribution in [3.8, 4) is 40.0 Å². The number of alkyl halides is 3. The summed E-state index contributed by atoms with van der Waals surface area (Å²) in [6.07, 6.45) is -3.27. The highest BCUT2D eigenvalue weighted by atomic mass is 35.5. The number of carboxylic acid groups (broad SMARTS) is 1. The summed E-state index contributed by atoms with van der Waals surface area (Å²) in [5.41, 5.74) is 4.01. The lowest BCUT2D eigenvalue weighted by Gasteiger charge is -2.60. The largest absolute Gasteiger partial charge is 0.481 e. The molecule has 4 aliphatic rings. The summed E-state index contributed by atoms with van der Waals surface area (Å²) in [4.78, 5) is 36.6. The van der Waals surface area contributed by atoms with E-state index in [9.17, 15) is 27.9 Å². The summed E-state index contributed by atoms with van der Waals surface area (Å²) >= 11 is 7.15. The molecule has 2 aliphatic carbocycles. The maximum absolute atomic E-state index is 14.5. The second-order valence-electron chi connectivity index (χ2n) is 15.7. The van der Waals surface area contributed by atoms with Crippen LogP contribution in [0.25, 0.3) is 22.4 Å². The fourth-order valence-electron chi connectivity index (χ4n) is 8.69. The van der Waals surface area contributed by atoms with Crippen molar-refractivity contribution < 1.29 is 42.1 Å². The predicted molar refractivity (Wildman–Crippen MR) is 202 cm³/mol. The molecule has 1 N–H and O–H groups in total. The molecular weight excluding hydrogens is 749 g/mol. The molecule has 294 valence electrons. The third-order valence-corrected chi connectivity index (χ3v) is 12.3. The monoisotopic (exact) mass is 790 g/mol. The first-order valence-corrected chi connectivity index (χ1v) is 19.1. The van der Waals surface area contributed by atoms with E-state index < -0.39 is 35.1 Å². The van der Waals surface area contributed by atoms with Gasteiger partial charge in [-0.1, -0.05) is 54.1 Å². The number of hydrogen-bond donors (Lipinski definition) is 1. The summed E-state index contributed by atoms with van der Waals surface area (Å²) in [6.45, 7) is 5.73. The van der Waals surface area contributed by atoms with Gasteiger partial charge < -0.3 is 24.2 Å². The van der Waals surface area contributed by atoms with Crippen molar-refractivity contribution >= 4 is 23.5 Å². The minimum atomic E-state index is -4.77. The number of fused-ring (bicyclic) bond motifs is 1. The van der Waals surface area contributed by atoms with Crippen LogP contribution < -0.4 is 14.2 Å². The number of aryl methyl sites for hydroxylation is 1. The maximum atomic E-state index is 14.5. The van der Waals surface area contributed by atoms with Crippen molar-refractivity contribution in [2.75, 3.05) is 40.4 Å². The van der Waals surface area contributed by atoms with E-state index in [2.05, 4.69) is 9.88 Å². The minimum Gasteiger partial charge on any atom is -0.481 e. The zero-order chi connectivity index (χ0) is 39.6. The lowest BCUT2D eigenvalue weighted by molar-refractivity contribution is -0.157. The number of nitrogens with zero attached hydrogens (tertiary/aromatic N) is 4. The van der Waals surface area contributed by atoms with Gasteiger partial charge in [0.2, 0.25) is 23.5 Å². The Morgan fingerprint density at radius 2 is 1.59 bits per heavy atom. The van der Waals surface area contributed by atoms with Gasteiger partial charge in [-0.15, -0.1) is 0 Å². The molecule has 2 aromatic carbocycles. The second-order valence-corrected chi connectivity index (χ2v) is 16.0. The lowest BCUT2D eigenvalue weighted by atomic mass is 9.72. The van der Waals surface area contributed by atoms with Gasteiger partial charge in [-0.05, 0) is 67.3 Å². The third-order valence-electron chi connectivity index (χ3n) is 11.9. The molecule has 1 spiro atoms. The Morgan fingerprint density at radius 3 is 2.25 bits per heavy atom. The van der Waals surface area contributed by atoms with Crippen LogP contribution in [0.15, 0.2) is 54.6 Å². The fraction of sp³-hybridized carbons (Fsp3) is 0.429. The number of halogens is 4. The average molecular weight is 791 g/mol. The first-order valence-electron chi connectivity index (χ1n) is 18.7. The normalized spacial score (nSPS) is 19.2. The number of benzene rings is 2. The Hall–Kier alpha value is -4.88. The standard InChI is InChI=1S/C42H42ClF3N4O6/c1-24(51)50-22-40(23-50)20-49(21-40)19-26-10-12-33(47-37(26)55-3)31-9-5-8-30(35(31)43)27-6-4-7-29-28(27)11-13-34(29)56-38-32(42(44,45)46)18-25(36(48-38)54-2)14-15-41(16-17-41)39(52)53/h4-10,12,18,34H,11,13-17,19-23H2,1-3H3,(H,52,53)/t34-/m0/s1. The van der Waals surface area contributed by atoms with Crippen molar-refractivity contribution in [1.29, 1.82) is 0 Å². The molecule has 3 fully saturated rings. The molecule has 2 aliphatic heterocycles. The Labute approximate surface area is 327 Å². The molecule has 14 heteroatoms. The van der Waals surface area contributed by atoms with Crippen LogP contribution in [0.3, 0.4) is 0 Å². The van der Waals surface area contributed by atoms with Gasteiger partial charge in [-0.25, -0.2) is 4.98 Å². The second kappa shape index (κ2) is 14.3. The molecule has 0 unspecified atom stereocenters. The molecule has 10 nitrogen and oxygen atoms in total. The molecule has 4 heterocycles. The Bertz CT molecular complexity index is 2210. The topological polar surface area (TPSA) is 114 Å². The summed E-state index contributed by atoms with van der Waals surface area (Å²) in [7, 11) is 2.92. The zero-order valence-corrected chi connectivity index (χ0v) is 32.1. The van der Waals surface area contributed by atoms with Gasteiger partial charge in [0.05, 0.1) is 30.4 Å². The molecule has 1 saturated carbocycles. The molecule has 1 amide bonds. The van der Waals surface area contributed by atoms with Gasteiger partial charge in [-0.2, -0.15) is 18.2 Å². The molecule has 8 rings (SSSR count). The first kappa shape index (κ1) is 38.0. The number of carbonyl (C=O) groups excluding carboxylic acids is 1. The van der Waals surface area contributed by atoms with Crippen molar-refractivity contribution in [3.05, 3.63) is 87.4 Å². The van der Waals surface area contributed by atoms with Crippen LogP contribution >= 0.6 is 11.6 Å². The quantitative estimate of drug-likeness (QED) is 0.152. The number of amides is 1. The Balaban J connectivity index is 1.02. The number of carbonyl (C=O) groups is 2. The molecule has 1 atom stereocenters. The van der Waals surface area contributed by atoms with E-state index >= 15 is 0 Å². The molecular formula is C42H42ClF3N4O6. The molecule has 4 aromatic rings. The smallest absolute Gasteiger partial charge is 0.421 e. The summed E-state index contributed by atoms with van der Waals surface area (Å²) in [5, 5.41) is 10.1. The van der Waals surface area contributed by atoms with Gasteiger partial charge in [0, 0.05) is 67.3 Å². The lowest BCUT2D eigenvalue weighted by Crippen LogP contribution is -2.72. The minimum absolute atomic E-state index is 0.0205. The van der Waals surface area contributed by atoms with E-state index in [-0.39, 0.29) is 35.6 Å². The van der Waals surface area contributed by atoms with Crippen LogP contribution in [0, 0.1) is 10.8 Å². The molecule has 2 saturated heterocycles. The van der Waals surface area contributed by atoms with Crippen molar-refractivity contribution in [3.63, 3.8) is 0 Å². The fourth-order valence-corrected chi connectivity index (χ4v) is 9.01. The van der Waals surface area contributed by atoms with E-state index in [4.69, 9.17) is 30.8 Å². The highest BCUT2D eigenvalue weighted by Crippen LogP contribution is 2.51. The van der Waals surface area contributed by atoms with E-state index in [1.54, 1.807) is 14.0 Å². The van der Waals surface area contributed by atoms with Gasteiger partial charge in [0.1, 0.15) is 11.7 Å². The molecule has 0 bridgehead atoms. The molecule has 0 radical (unpaired) electrons. The van der Waals surface area contributed by atoms with E-state index in [0.717, 1.165) is 60.1 Å². The zero-order valence-electron chi connectivity index (χ0n) is 31.3. The van der Waals surface area contributed by atoms with Crippen LogP contribution in [0.1, 0.15) is 66.5 Å². The number of carboxylic acids is 1. The number of hydrogen-bond acceptors (Lipinski definition) is 8. The average Bonchev–Trinajstić information content (AvgIpc) is 3.83. The van der Waals surface area contributed by atoms with Gasteiger partial charge in [0.15, 0.2) is 0 Å². The van der Waals surface area contributed by atoms with Gasteiger partial charge in [-0.3, -0.25) is 14.5 Å².